The molecule has 4 heteroatoms. The van der Waals surface area contributed by atoms with Crippen molar-refractivity contribution in [1.82, 2.24) is 15.5 Å². The molecule has 1 aromatic rings. The Morgan fingerprint density at radius 3 is 3.00 bits per heavy atom. The summed E-state index contributed by atoms with van der Waals surface area (Å²) >= 11 is 0. The van der Waals surface area contributed by atoms with E-state index < -0.39 is 0 Å². The number of H-pyrrole nitrogens is 1. The van der Waals surface area contributed by atoms with Crippen molar-refractivity contribution in [2.45, 2.75) is 39.3 Å². The molecular formula is C11H19N3O. The summed E-state index contributed by atoms with van der Waals surface area (Å²) in [5.74, 6) is 0. The highest BCUT2D eigenvalue weighted by atomic mass is 16.5. The SMILES string of the molecule is Cc1n[nH]c(C)c1CNCC1CCCO1. The van der Waals surface area contributed by atoms with Crippen molar-refractivity contribution in [2.24, 2.45) is 0 Å². The van der Waals surface area contributed by atoms with Gasteiger partial charge >= 0.3 is 0 Å². The van der Waals surface area contributed by atoms with Gasteiger partial charge in [0.05, 0.1) is 11.8 Å². The molecule has 4 nitrogen and oxygen atoms in total. The normalized spacial score (nSPS) is 21.1. The standard InChI is InChI=1S/C11H19N3O/c1-8-11(9(2)14-13-8)7-12-6-10-4-3-5-15-10/h10,12H,3-7H2,1-2H3,(H,13,14). The summed E-state index contributed by atoms with van der Waals surface area (Å²) in [4.78, 5) is 0. The Bertz CT molecular complexity index is 296. The largest absolute Gasteiger partial charge is 0.377 e. The van der Waals surface area contributed by atoms with E-state index >= 15 is 0 Å². The highest BCUT2D eigenvalue weighted by Gasteiger charge is 2.15. The third-order valence-corrected chi connectivity index (χ3v) is 2.98. The molecule has 2 rings (SSSR count). The van der Waals surface area contributed by atoms with Gasteiger partial charge in [-0.05, 0) is 26.7 Å². The number of nitrogens with one attached hydrogen (secondary N) is 2. The zero-order valence-electron chi connectivity index (χ0n) is 9.47. The van der Waals surface area contributed by atoms with Crippen molar-refractivity contribution in [2.75, 3.05) is 13.2 Å². The lowest BCUT2D eigenvalue weighted by atomic mass is 10.2. The first kappa shape index (κ1) is 10.6. The number of hydrogen-bond acceptors (Lipinski definition) is 3. The van der Waals surface area contributed by atoms with Crippen LogP contribution in [0.3, 0.4) is 0 Å². The quantitative estimate of drug-likeness (QED) is 0.785. The highest BCUT2D eigenvalue weighted by molar-refractivity contribution is 5.22. The van der Waals surface area contributed by atoms with E-state index in [1.54, 1.807) is 0 Å². The molecule has 1 aliphatic rings. The molecule has 1 fully saturated rings. The van der Waals surface area contributed by atoms with Crippen molar-refractivity contribution < 1.29 is 4.74 Å². The molecule has 0 saturated carbocycles. The minimum atomic E-state index is 0.414. The fourth-order valence-electron chi connectivity index (χ4n) is 2.00. The maximum atomic E-state index is 5.55. The van der Waals surface area contributed by atoms with Gasteiger partial charge in [-0.3, -0.25) is 5.10 Å². The Morgan fingerprint density at radius 1 is 1.53 bits per heavy atom. The van der Waals surface area contributed by atoms with Crippen LogP contribution in [-0.4, -0.2) is 29.5 Å². The van der Waals surface area contributed by atoms with Crippen LogP contribution in [0.15, 0.2) is 0 Å². The smallest absolute Gasteiger partial charge is 0.0700 e. The van der Waals surface area contributed by atoms with Crippen LogP contribution >= 0.6 is 0 Å². The number of aromatic amines is 1. The summed E-state index contributed by atoms with van der Waals surface area (Å²) < 4.78 is 5.55. The van der Waals surface area contributed by atoms with Crippen LogP contribution in [0, 0.1) is 13.8 Å². The molecule has 0 aromatic carbocycles. The molecule has 0 amide bonds. The Labute approximate surface area is 90.4 Å². The number of ether oxygens (including phenoxy) is 1. The van der Waals surface area contributed by atoms with Crippen LogP contribution in [0.4, 0.5) is 0 Å². The molecule has 0 radical (unpaired) electrons. The van der Waals surface area contributed by atoms with Crippen molar-refractivity contribution in [3.8, 4) is 0 Å². The first-order valence-electron chi connectivity index (χ1n) is 5.60. The molecule has 1 atom stereocenters. The maximum absolute atomic E-state index is 5.55. The van der Waals surface area contributed by atoms with Crippen molar-refractivity contribution in [1.29, 1.82) is 0 Å². The molecule has 2 heterocycles. The summed E-state index contributed by atoms with van der Waals surface area (Å²) in [5, 5.41) is 10.6. The number of aromatic nitrogens is 2. The van der Waals surface area contributed by atoms with Gasteiger partial charge in [0.25, 0.3) is 0 Å². The van der Waals surface area contributed by atoms with Crippen LogP contribution in [0.5, 0.6) is 0 Å². The van der Waals surface area contributed by atoms with E-state index in [0.717, 1.165) is 31.1 Å². The van der Waals surface area contributed by atoms with Gasteiger partial charge in [-0.15, -0.1) is 0 Å². The number of nitrogens with zero attached hydrogens (tertiary/aromatic N) is 1. The second-order valence-electron chi connectivity index (χ2n) is 4.18. The predicted octanol–water partition coefficient (Wildman–Crippen LogP) is 1.30. The average Bonchev–Trinajstić information content (AvgIpc) is 2.82. The third-order valence-electron chi connectivity index (χ3n) is 2.98. The van der Waals surface area contributed by atoms with Crippen LogP contribution in [-0.2, 0) is 11.3 Å². The molecule has 1 unspecified atom stereocenters. The lowest BCUT2D eigenvalue weighted by molar-refractivity contribution is 0.110. The van der Waals surface area contributed by atoms with E-state index in [1.807, 2.05) is 6.92 Å². The Balaban J connectivity index is 1.77. The second kappa shape index (κ2) is 4.77. The summed E-state index contributed by atoms with van der Waals surface area (Å²) in [6, 6.07) is 0. The van der Waals surface area contributed by atoms with Crippen molar-refractivity contribution in [3.05, 3.63) is 17.0 Å². The fraction of sp³-hybridized carbons (Fsp3) is 0.727. The molecule has 15 heavy (non-hydrogen) atoms. The molecule has 1 saturated heterocycles. The summed E-state index contributed by atoms with van der Waals surface area (Å²) in [7, 11) is 0. The number of hydrogen-bond donors (Lipinski definition) is 2. The van der Waals surface area contributed by atoms with Gasteiger partial charge in [0.2, 0.25) is 0 Å². The summed E-state index contributed by atoms with van der Waals surface area (Å²) in [5.41, 5.74) is 3.53. The lowest BCUT2D eigenvalue weighted by Gasteiger charge is -2.10. The molecule has 2 N–H and O–H groups in total. The van der Waals surface area contributed by atoms with E-state index in [0.29, 0.717) is 6.10 Å². The summed E-state index contributed by atoms with van der Waals surface area (Å²) in [6.45, 7) is 6.85. The van der Waals surface area contributed by atoms with E-state index in [2.05, 4.69) is 22.4 Å². The zero-order valence-corrected chi connectivity index (χ0v) is 9.47. The number of rotatable bonds is 4. The lowest BCUT2D eigenvalue weighted by Crippen LogP contribution is -2.26. The topological polar surface area (TPSA) is 49.9 Å². The van der Waals surface area contributed by atoms with Crippen molar-refractivity contribution in [3.63, 3.8) is 0 Å². The molecule has 0 bridgehead atoms. The highest BCUT2D eigenvalue weighted by Crippen LogP contribution is 2.12. The van der Waals surface area contributed by atoms with E-state index in [1.165, 1.54) is 18.4 Å². The van der Waals surface area contributed by atoms with E-state index in [4.69, 9.17) is 4.74 Å². The number of aryl methyl sites for hydroxylation is 2. The molecule has 1 aromatic heterocycles. The Kier molecular flexibility index (Phi) is 3.38. The zero-order chi connectivity index (χ0) is 10.7. The summed E-state index contributed by atoms with van der Waals surface area (Å²) in [6.07, 6.45) is 2.81. The van der Waals surface area contributed by atoms with Crippen molar-refractivity contribution >= 4 is 0 Å². The van der Waals surface area contributed by atoms with Gasteiger partial charge in [0, 0.05) is 31.0 Å². The molecule has 0 spiro atoms. The van der Waals surface area contributed by atoms with Gasteiger partial charge in [-0.2, -0.15) is 5.10 Å². The predicted molar refractivity (Wildman–Crippen MR) is 58.7 cm³/mol. The minimum absolute atomic E-state index is 0.414. The van der Waals surface area contributed by atoms with E-state index in [9.17, 15) is 0 Å². The first-order chi connectivity index (χ1) is 7.27. The van der Waals surface area contributed by atoms with E-state index in [-0.39, 0.29) is 0 Å². The van der Waals surface area contributed by atoms with Crippen LogP contribution in [0.2, 0.25) is 0 Å². The van der Waals surface area contributed by atoms with Crippen LogP contribution in [0.1, 0.15) is 29.8 Å². The Hall–Kier alpha value is -0.870. The monoisotopic (exact) mass is 209 g/mol. The average molecular weight is 209 g/mol. The molecule has 1 aliphatic heterocycles. The maximum Gasteiger partial charge on any atom is 0.0700 e. The Morgan fingerprint density at radius 2 is 2.40 bits per heavy atom. The fourth-order valence-corrected chi connectivity index (χ4v) is 2.00. The van der Waals surface area contributed by atoms with Gasteiger partial charge in [-0.25, -0.2) is 0 Å². The van der Waals surface area contributed by atoms with Crippen LogP contribution < -0.4 is 5.32 Å². The first-order valence-corrected chi connectivity index (χ1v) is 5.60. The van der Waals surface area contributed by atoms with Gasteiger partial charge in [0.1, 0.15) is 0 Å². The van der Waals surface area contributed by atoms with Gasteiger partial charge in [0.15, 0.2) is 0 Å². The molecule has 0 aliphatic carbocycles. The van der Waals surface area contributed by atoms with Gasteiger partial charge in [-0.1, -0.05) is 0 Å². The van der Waals surface area contributed by atoms with Crippen LogP contribution in [0.25, 0.3) is 0 Å². The van der Waals surface area contributed by atoms with Gasteiger partial charge < -0.3 is 10.1 Å². The molecular weight excluding hydrogens is 190 g/mol. The third kappa shape index (κ3) is 2.58. The second-order valence-corrected chi connectivity index (χ2v) is 4.18. The minimum Gasteiger partial charge on any atom is -0.377 e. The molecule has 84 valence electrons.